The summed E-state index contributed by atoms with van der Waals surface area (Å²) in [7, 11) is -1.16. The van der Waals surface area contributed by atoms with Crippen molar-refractivity contribution < 1.29 is 22.7 Å². The monoisotopic (exact) mass is 649 g/mol. The highest BCUT2D eigenvalue weighted by Crippen LogP contribution is 2.26. The number of hydrogen-bond acceptors (Lipinski definition) is 5. The van der Waals surface area contributed by atoms with Crippen molar-refractivity contribution in [3.05, 3.63) is 125 Å². The Morgan fingerprint density at radius 2 is 1.48 bits per heavy atom. The van der Waals surface area contributed by atoms with E-state index in [0.717, 1.165) is 19.9 Å². The maximum Gasteiger partial charge on any atom is 0.264 e. The number of sulfonamides is 1. The number of amides is 2. The van der Waals surface area contributed by atoms with Gasteiger partial charge in [0.2, 0.25) is 11.8 Å². The van der Waals surface area contributed by atoms with Gasteiger partial charge in [-0.3, -0.25) is 13.9 Å². The third-order valence-corrected chi connectivity index (χ3v) is 9.01. The van der Waals surface area contributed by atoms with E-state index >= 15 is 0 Å². The molecule has 42 heavy (non-hydrogen) atoms. The Morgan fingerprint density at radius 3 is 2.07 bits per heavy atom. The van der Waals surface area contributed by atoms with Crippen LogP contribution in [0.25, 0.3) is 0 Å². The zero-order chi connectivity index (χ0) is 30.1. The van der Waals surface area contributed by atoms with Crippen LogP contribution in [-0.2, 0) is 32.6 Å². The summed E-state index contributed by atoms with van der Waals surface area (Å²) < 4.78 is 35.0. The highest BCUT2D eigenvalue weighted by molar-refractivity contribution is 9.10. The SMILES string of the molecule is CNC(=O)[C@@H](Cc1ccccc1)N(Cc1cccc(Br)c1)C(=O)CN(c1ccccc1)S(=O)(=O)c1ccc(OC)cc1. The summed E-state index contributed by atoms with van der Waals surface area (Å²) in [6, 6.07) is 30.4. The minimum Gasteiger partial charge on any atom is -0.497 e. The maximum atomic E-state index is 14.3. The summed E-state index contributed by atoms with van der Waals surface area (Å²) in [5.41, 5.74) is 1.97. The molecule has 0 bridgehead atoms. The summed E-state index contributed by atoms with van der Waals surface area (Å²) in [5, 5.41) is 2.68. The van der Waals surface area contributed by atoms with Gasteiger partial charge in [0.05, 0.1) is 17.7 Å². The zero-order valence-corrected chi connectivity index (χ0v) is 25.7. The molecular weight excluding hydrogens is 618 g/mol. The Labute approximate surface area is 255 Å². The fourth-order valence-electron chi connectivity index (χ4n) is 4.55. The minimum atomic E-state index is -4.18. The highest BCUT2D eigenvalue weighted by atomic mass is 79.9. The fourth-order valence-corrected chi connectivity index (χ4v) is 6.41. The summed E-state index contributed by atoms with van der Waals surface area (Å²) in [6.07, 6.45) is 0.247. The first-order valence-corrected chi connectivity index (χ1v) is 15.5. The quantitative estimate of drug-likeness (QED) is 0.232. The van der Waals surface area contributed by atoms with Crippen LogP contribution in [-0.4, -0.2) is 51.9 Å². The summed E-state index contributed by atoms with van der Waals surface area (Å²) in [5.74, 6) is -0.377. The van der Waals surface area contributed by atoms with E-state index in [1.54, 1.807) is 42.5 Å². The number of ether oxygens (including phenoxy) is 1. The zero-order valence-electron chi connectivity index (χ0n) is 23.3. The van der Waals surface area contributed by atoms with E-state index in [2.05, 4.69) is 21.2 Å². The molecule has 0 heterocycles. The minimum absolute atomic E-state index is 0.00521. The van der Waals surface area contributed by atoms with E-state index in [0.29, 0.717) is 11.4 Å². The molecule has 0 saturated heterocycles. The fraction of sp³-hybridized carbons (Fsp3) is 0.188. The molecule has 0 aliphatic heterocycles. The van der Waals surface area contributed by atoms with Crippen LogP contribution in [0.15, 0.2) is 119 Å². The Balaban J connectivity index is 1.76. The second-order valence-electron chi connectivity index (χ2n) is 9.49. The van der Waals surface area contributed by atoms with Crippen LogP contribution in [0.3, 0.4) is 0 Å². The number of methoxy groups -OCH3 is 1. The number of halogens is 1. The molecule has 4 rings (SSSR count). The van der Waals surface area contributed by atoms with Gasteiger partial charge in [-0.05, 0) is 59.7 Å². The van der Waals surface area contributed by atoms with Crippen molar-refractivity contribution in [1.29, 1.82) is 0 Å². The lowest BCUT2D eigenvalue weighted by atomic mass is 10.0. The molecule has 0 saturated carbocycles. The van der Waals surface area contributed by atoms with Gasteiger partial charge in [0.1, 0.15) is 18.3 Å². The molecule has 10 heteroatoms. The van der Waals surface area contributed by atoms with Crippen LogP contribution in [0.1, 0.15) is 11.1 Å². The van der Waals surface area contributed by atoms with Crippen molar-refractivity contribution in [1.82, 2.24) is 10.2 Å². The molecule has 8 nitrogen and oxygen atoms in total. The van der Waals surface area contributed by atoms with Gasteiger partial charge in [0.15, 0.2) is 0 Å². The van der Waals surface area contributed by atoms with Crippen molar-refractivity contribution in [2.45, 2.75) is 23.9 Å². The number of carbonyl (C=O) groups excluding carboxylic acids is 2. The van der Waals surface area contributed by atoms with Gasteiger partial charge in [-0.15, -0.1) is 0 Å². The first kappa shape index (κ1) is 30.8. The molecule has 218 valence electrons. The first-order valence-electron chi connectivity index (χ1n) is 13.2. The van der Waals surface area contributed by atoms with Gasteiger partial charge in [-0.2, -0.15) is 0 Å². The third-order valence-electron chi connectivity index (χ3n) is 6.73. The Morgan fingerprint density at radius 1 is 0.857 bits per heavy atom. The smallest absolute Gasteiger partial charge is 0.264 e. The number of nitrogens with zero attached hydrogens (tertiary/aromatic N) is 2. The van der Waals surface area contributed by atoms with Crippen LogP contribution in [0.4, 0.5) is 5.69 Å². The summed E-state index contributed by atoms with van der Waals surface area (Å²) >= 11 is 3.48. The van der Waals surface area contributed by atoms with E-state index in [1.165, 1.54) is 31.2 Å². The number of benzene rings is 4. The Kier molecular flexibility index (Phi) is 10.4. The molecule has 2 amide bonds. The van der Waals surface area contributed by atoms with E-state index in [4.69, 9.17) is 4.74 Å². The number of anilines is 1. The van der Waals surface area contributed by atoms with Crippen molar-refractivity contribution in [3.8, 4) is 5.75 Å². The number of rotatable bonds is 12. The predicted molar refractivity (Wildman–Crippen MR) is 167 cm³/mol. The van der Waals surface area contributed by atoms with Crippen molar-refractivity contribution in [3.63, 3.8) is 0 Å². The number of hydrogen-bond donors (Lipinski definition) is 1. The second kappa shape index (κ2) is 14.2. The molecule has 1 N–H and O–H groups in total. The molecule has 0 aliphatic rings. The van der Waals surface area contributed by atoms with E-state index in [-0.39, 0.29) is 23.8 Å². The van der Waals surface area contributed by atoms with Gasteiger partial charge in [-0.1, -0.05) is 76.6 Å². The molecule has 0 aromatic heterocycles. The number of carbonyl (C=O) groups is 2. The predicted octanol–water partition coefficient (Wildman–Crippen LogP) is 5.04. The lowest BCUT2D eigenvalue weighted by Crippen LogP contribution is -2.53. The summed E-state index contributed by atoms with van der Waals surface area (Å²) in [6.45, 7) is -0.428. The van der Waals surface area contributed by atoms with Crippen LogP contribution < -0.4 is 14.4 Å². The number of para-hydroxylation sites is 1. The van der Waals surface area contributed by atoms with Gasteiger partial charge < -0.3 is 15.0 Å². The largest absolute Gasteiger partial charge is 0.497 e. The highest BCUT2D eigenvalue weighted by Gasteiger charge is 2.34. The normalized spacial score (nSPS) is 11.8. The molecule has 0 radical (unpaired) electrons. The van der Waals surface area contributed by atoms with Crippen LogP contribution in [0.2, 0.25) is 0 Å². The molecule has 4 aromatic carbocycles. The third kappa shape index (κ3) is 7.57. The number of likely N-dealkylation sites (N-methyl/N-ethyl adjacent to an activating group) is 1. The van der Waals surface area contributed by atoms with E-state index in [1.807, 2.05) is 54.6 Å². The second-order valence-corrected chi connectivity index (χ2v) is 12.3. The van der Waals surface area contributed by atoms with E-state index in [9.17, 15) is 18.0 Å². The Hall–Kier alpha value is -4.15. The molecule has 0 fully saturated rings. The first-order chi connectivity index (χ1) is 20.2. The Bertz CT molecular complexity index is 1600. The molecule has 4 aromatic rings. The molecule has 0 unspecified atom stereocenters. The van der Waals surface area contributed by atoms with Gasteiger partial charge in [0, 0.05) is 24.5 Å². The van der Waals surface area contributed by atoms with Crippen LogP contribution in [0.5, 0.6) is 5.75 Å². The molecule has 1 atom stereocenters. The van der Waals surface area contributed by atoms with Crippen LogP contribution in [0, 0.1) is 0 Å². The van der Waals surface area contributed by atoms with Crippen molar-refractivity contribution >= 4 is 43.5 Å². The standard InChI is InChI=1S/C32H32BrN3O5S/c1-34-32(38)30(21-24-10-5-3-6-11-24)35(22-25-12-9-13-26(33)20-25)31(37)23-36(27-14-7-4-8-15-27)42(39,40)29-18-16-28(41-2)17-19-29/h3-20,30H,21-23H2,1-2H3,(H,34,38)/t30-/m1/s1. The summed E-state index contributed by atoms with van der Waals surface area (Å²) in [4.78, 5) is 29.0. The van der Waals surface area contributed by atoms with Crippen molar-refractivity contribution in [2.75, 3.05) is 25.0 Å². The lowest BCUT2D eigenvalue weighted by Gasteiger charge is -2.33. The van der Waals surface area contributed by atoms with Crippen LogP contribution >= 0.6 is 15.9 Å². The van der Waals surface area contributed by atoms with Gasteiger partial charge in [0.25, 0.3) is 10.0 Å². The maximum absolute atomic E-state index is 14.3. The number of nitrogens with one attached hydrogen (secondary N) is 1. The molecule has 0 aliphatic carbocycles. The van der Waals surface area contributed by atoms with Gasteiger partial charge in [-0.25, -0.2) is 8.42 Å². The topological polar surface area (TPSA) is 96.0 Å². The average molecular weight is 651 g/mol. The lowest BCUT2D eigenvalue weighted by molar-refractivity contribution is -0.139. The van der Waals surface area contributed by atoms with Gasteiger partial charge >= 0.3 is 0 Å². The van der Waals surface area contributed by atoms with Crippen molar-refractivity contribution in [2.24, 2.45) is 0 Å². The average Bonchev–Trinajstić information content (AvgIpc) is 3.02. The molecule has 0 spiro atoms. The molecular formula is C32H32BrN3O5S. The van der Waals surface area contributed by atoms with E-state index < -0.39 is 28.5 Å².